The maximum Gasteiger partial charge on any atom is 0.255 e. The van der Waals surface area contributed by atoms with Crippen LogP contribution in [0.3, 0.4) is 0 Å². The Bertz CT molecular complexity index is 676. The van der Waals surface area contributed by atoms with Crippen LogP contribution in [-0.4, -0.2) is 37.1 Å². The van der Waals surface area contributed by atoms with Gasteiger partial charge in [-0.25, -0.2) is 9.97 Å². The number of rotatable bonds is 5. The number of hydrogen-bond donors (Lipinski definition) is 1. The van der Waals surface area contributed by atoms with E-state index in [2.05, 4.69) is 15.3 Å². The van der Waals surface area contributed by atoms with E-state index in [1.807, 2.05) is 14.1 Å². The van der Waals surface area contributed by atoms with Crippen molar-refractivity contribution in [2.45, 2.75) is 6.54 Å². The number of anilines is 1. The third kappa shape index (κ3) is 3.85. The first-order valence-electron chi connectivity index (χ1n) is 6.62. The number of ether oxygens (including phenoxy) is 1. The molecule has 2 aromatic rings. The highest BCUT2D eigenvalue weighted by molar-refractivity contribution is 6.31. The third-order valence-corrected chi connectivity index (χ3v) is 3.17. The molecule has 116 valence electrons. The smallest absolute Gasteiger partial charge is 0.255 e. The first-order valence-corrected chi connectivity index (χ1v) is 7.00. The second-order valence-corrected chi connectivity index (χ2v) is 5.21. The van der Waals surface area contributed by atoms with Gasteiger partial charge in [0.2, 0.25) is 5.95 Å². The maximum atomic E-state index is 12.3. The van der Waals surface area contributed by atoms with Gasteiger partial charge < -0.3 is 15.0 Å². The number of carbonyl (C=O) groups is 1. The SMILES string of the molecule is COc1ccc(Cl)cc1C(=O)NCc1ccnc(N(C)C)n1. The summed E-state index contributed by atoms with van der Waals surface area (Å²) in [4.78, 5) is 22.5. The minimum atomic E-state index is -0.274. The molecule has 22 heavy (non-hydrogen) atoms. The van der Waals surface area contributed by atoms with Crippen molar-refractivity contribution in [1.29, 1.82) is 0 Å². The van der Waals surface area contributed by atoms with E-state index in [1.54, 1.807) is 35.4 Å². The summed E-state index contributed by atoms with van der Waals surface area (Å²) in [5.74, 6) is 0.787. The summed E-state index contributed by atoms with van der Waals surface area (Å²) in [5.41, 5.74) is 1.10. The van der Waals surface area contributed by atoms with Gasteiger partial charge in [0, 0.05) is 25.3 Å². The zero-order chi connectivity index (χ0) is 16.1. The summed E-state index contributed by atoms with van der Waals surface area (Å²) in [7, 11) is 5.22. The van der Waals surface area contributed by atoms with E-state index in [1.165, 1.54) is 7.11 Å². The van der Waals surface area contributed by atoms with E-state index in [0.29, 0.717) is 28.0 Å². The Kier molecular flexibility index (Phi) is 5.16. The van der Waals surface area contributed by atoms with Crippen LogP contribution in [0.25, 0.3) is 0 Å². The number of nitrogens with one attached hydrogen (secondary N) is 1. The van der Waals surface area contributed by atoms with Crippen molar-refractivity contribution in [1.82, 2.24) is 15.3 Å². The van der Waals surface area contributed by atoms with E-state index < -0.39 is 0 Å². The van der Waals surface area contributed by atoms with Crippen LogP contribution in [0.1, 0.15) is 16.1 Å². The summed E-state index contributed by atoms with van der Waals surface area (Å²) < 4.78 is 5.17. The molecule has 1 aromatic carbocycles. The zero-order valence-corrected chi connectivity index (χ0v) is 13.4. The number of benzene rings is 1. The summed E-state index contributed by atoms with van der Waals surface area (Å²) in [6.07, 6.45) is 1.66. The molecular weight excluding hydrogens is 304 g/mol. The van der Waals surface area contributed by atoms with Crippen LogP contribution >= 0.6 is 11.6 Å². The van der Waals surface area contributed by atoms with Gasteiger partial charge in [-0.1, -0.05) is 11.6 Å². The lowest BCUT2D eigenvalue weighted by molar-refractivity contribution is 0.0947. The van der Waals surface area contributed by atoms with Crippen LogP contribution in [0.15, 0.2) is 30.5 Å². The predicted octanol–water partition coefficient (Wildman–Crippen LogP) is 2.13. The molecule has 0 fully saturated rings. The average Bonchev–Trinajstić information content (AvgIpc) is 2.52. The second-order valence-electron chi connectivity index (χ2n) is 4.77. The lowest BCUT2D eigenvalue weighted by Gasteiger charge is -2.12. The molecule has 0 spiro atoms. The minimum absolute atomic E-state index is 0.274. The van der Waals surface area contributed by atoms with Crippen LogP contribution in [-0.2, 0) is 6.54 Å². The Labute approximate surface area is 134 Å². The molecule has 0 radical (unpaired) electrons. The molecule has 0 unspecified atom stereocenters. The maximum absolute atomic E-state index is 12.3. The summed E-state index contributed by atoms with van der Waals surface area (Å²) >= 11 is 5.93. The average molecular weight is 321 g/mol. The largest absolute Gasteiger partial charge is 0.496 e. The van der Waals surface area contributed by atoms with E-state index in [-0.39, 0.29) is 12.5 Å². The molecule has 0 aliphatic heterocycles. The van der Waals surface area contributed by atoms with Crippen molar-refractivity contribution in [2.75, 3.05) is 26.1 Å². The highest BCUT2D eigenvalue weighted by atomic mass is 35.5. The quantitative estimate of drug-likeness (QED) is 0.914. The molecule has 6 nitrogen and oxygen atoms in total. The molecule has 1 aromatic heterocycles. The number of nitrogens with zero attached hydrogens (tertiary/aromatic N) is 3. The number of aromatic nitrogens is 2. The fraction of sp³-hybridized carbons (Fsp3) is 0.267. The molecule has 1 N–H and O–H groups in total. The van der Waals surface area contributed by atoms with Gasteiger partial charge in [-0.05, 0) is 24.3 Å². The van der Waals surface area contributed by atoms with Gasteiger partial charge in [0.25, 0.3) is 5.91 Å². The third-order valence-electron chi connectivity index (χ3n) is 2.94. The summed E-state index contributed by atoms with van der Waals surface area (Å²) in [6.45, 7) is 0.290. The normalized spacial score (nSPS) is 10.2. The first kappa shape index (κ1) is 16.0. The molecule has 0 bridgehead atoms. The molecule has 0 aliphatic rings. The van der Waals surface area contributed by atoms with Crippen molar-refractivity contribution < 1.29 is 9.53 Å². The molecule has 0 saturated heterocycles. The molecule has 1 amide bonds. The van der Waals surface area contributed by atoms with Crippen LogP contribution in [0, 0.1) is 0 Å². The van der Waals surface area contributed by atoms with Crippen LogP contribution in [0.2, 0.25) is 5.02 Å². The van der Waals surface area contributed by atoms with Gasteiger partial charge >= 0.3 is 0 Å². The molecule has 1 heterocycles. The van der Waals surface area contributed by atoms with Crippen molar-refractivity contribution >= 4 is 23.5 Å². The Hall–Kier alpha value is -2.34. The zero-order valence-electron chi connectivity index (χ0n) is 12.6. The first-order chi connectivity index (χ1) is 10.5. The highest BCUT2D eigenvalue weighted by Crippen LogP contribution is 2.22. The molecule has 0 atom stereocenters. The molecule has 2 rings (SSSR count). The minimum Gasteiger partial charge on any atom is -0.496 e. The standard InChI is InChI=1S/C15H17ClN4O2/c1-20(2)15-17-7-6-11(19-15)9-18-14(21)12-8-10(16)4-5-13(12)22-3/h4-8H,9H2,1-3H3,(H,18,21). The van der Waals surface area contributed by atoms with Gasteiger partial charge in [0.15, 0.2) is 0 Å². The van der Waals surface area contributed by atoms with Crippen molar-refractivity contribution in [3.05, 3.63) is 46.7 Å². The topological polar surface area (TPSA) is 67.3 Å². The fourth-order valence-electron chi connectivity index (χ4n) is 1.82. The predicted molar refractivity (Wildman–Crippen MR) is 85.5 cm³/mol. The van der Waals surface area contributed by atoms with E-state index in [4.69, 9.17) is 16.3 Å². The van der Waals surface area contributed by atoms with Gasteiger partial charge in [0.1, 0.15) is 5.75 Å². The number of methoxy groups -OCH3 is 1. The van der Waals surface area contributed by atoms with Crippen LogP contribution in [0.4, 0.5) is 5.95 Å². The Morgan fingerprint density at radius 1 is 1.36 bits per heavy atom. The molecule has 0 saturated carbocycles. The van der Waals surface area contributed by atoms with Gasteiger partial charge in [-0.3, -0.25) is 4.79 Å². The van der Waals surface area contributed by atoms with Crippen molar-refractivity contribution in [3.8, 4) is 5.75 Å². The van der Waals surface area contributed by atoms with E-state index in [9.17, 15) is 4.79 Å². The second kappa shape index (κ2) is 7.09. The van der Waals surface area contributed by atoms with Crippen molar-refractivity contribution in [3.63, 3.8) is 0 Å². The lowest BCUT2D eigenvalue weighted by atomic mass is 10.2. The van der Waals surface area contributed by atoms with Gasteiger partial charge in [0.05, 0.1) is 24.9 Å². The van der Waals surface area contributed by atoms with Gasteiger partial charge in [-0.2, -0.15) is 0 Å². The summed E-state index contributed by atoms with van der Waals surface area (Å²) in [6, 6.07) is 6.65. The molecular formula is C15H17ClN4O2. The Balaban J connectivity index is 2.10. The molecule has 7 heteroatoms. The number of hydrogen-bond acceptors (Lipinski definition) is 5. The highest BCUT2D eigenvalue weighted by Gasteiger charge is 2.13. The Morgan fingerprint density at radius 2 is 2.14 bits per heavy atom. The Morgan fingerprint density at radius 3 is 2.82 bits per heavy atom. The number of amides is 1. The number of carbonyl (C=O) groups excluding carboxylic acids is 1. The number of halogens is 1. The van der Waals surface area contributed by atoms with Crippen LogP contribution in [0.5, 0.6) is 5.75 Å². The fourth-order valence-corrected chi connectivity index (χ4v) is 1.99. The van der Waals surface area contributed by atoms with E-state index >= 15 is 0 Å². The lowest BCUT2D eigenvalue weighted by Crippen LogP contribution is -2.24. The van der Waals surface area contributed by atoms with Crippen molar-refractivity contribution in [2.24, 2.45) is 0 Å². The monoisotopic (exact) mass is 320 g/mol. The molecule has 0 aliphatic carbocycles. The van der Waals surface area contributed by atoms with Gasteiger partial charge in [-0.15, -0.1) is 0 Å². The summed E-state index contributed by atoms with van der Waals surface area (Å²) in [5, 5.41) is 3.27. The van der Waals surface area contributed by atoms with E-state index in [0.717, 1.165) is 0 Å². The van der Waals surface area contributed by atoms with Crippen LogP contribution < -0.4 is 15.0 Å².